The summed E-state index contributed by atoms with van der Waals surface area (Å²) in [6.07, 6.45) is -4.58. The van der Waals surface area contributed by atoms with E-state index in [-0.39, 0.29) is 34.9 Å². The van der Waals surface area contributed by atoms with Gasteiger partial charge in [0.05, 0.1) is 23.8 Å². The molecule has 1 aliphatic heterocycles. The molecule has 0 spiro atoms. The number of alkyl halides is 3. The second kappa shape index (κ2) is 10.6. The largest absolute Gasteiger partial charge is 0.508 e. The molecule has 3 aromatic rings. The van der Waals surface area contributed by atoms with E-state index in [2.05, 4.69) is 0 Å². The Labute approximate surface area is 217 Å². The van der Waals surface area contributed by atoms with E-state index in [9.17, 15) is 33.0 Å². The van der Waals surface area contributed by atoms with Gasteiger partial charge in [0.25, 0.3) is 11.7 Å². The molecule has 38 heavy (non-hydrogen) atoms. The molecular formula is C29H26F3NO5. The summed E-state index contributed by atoms with van der Waals surface area (Å²) in [5.41, 5.74) is -0.302. The number of carbonyl (C=O) groups is 2. The molecule has 0 aromatic heterocycles. The van der Waals surface area contributed by atoms with Crippen LogP contribution in [0.5, 0.6) is 11.5 Å². The number of nitrogens with zero attached hydrogens (tertiary/aromatic N) is 1. The van der Waals surface area contributed by atoms with Gasteiger partial charge >= 0.3 is 6.18 Å². The van der Waals surface area contributed by atoms with Crippen LogP contribution in [0.25, 0.3) is 5.76 Å². The minimum absolute atomic E-state index is 0.0569. The van der Waals surface area contributed by atoms with Crippen molar-refractivity contribution in [3.63, 3.8) is 0 Å². The molecule has 1 saturated heterocycles. The lowest BCUT2D eigenvalue weighted by Crippen LogP contribution is -2.29. The lowest BCUT2D eigenvalue weighted by Gasteiger charge is -2.26. The zero-order valence-corrected chi connectivity index (χ0v) is 20.7. The molecule has 3 aromatic carbocycles. The number of phenolic OH excluding ortho intramolecular Hbond substituents is 1. The number of aromatic hydroxyl groups is 1. The highest BCUT2D eigenvalue weighted by molar-refractivity contribution is 6.46. The summed E-state index contributed by atoms with van der Waals surface area (Å²) in [7, 11) is 0. The monoisotopic (exact) mass is 525 g/mol. The van der Waals surface area contributed by atoms with E-state index >= 15 is 0 Å². The summed E-state index contributed by atoms with van der Waals surface area (Å²) in [5.74, 6) is -1.72. The van der Waals surface area contributed by atoms with Crippen molar-refractivity contribution >= 4 is 17.4 Å². The van der Waals surface area contributed by atoms with Gasteiger partial charge < -0.3 is 19.8 Å². The first-order valence-corrected chi connectivity index (χ1v) is 11.9. The summed E-state index contributed by atoms with van der Waals surface area (Å²) in [6, 6.07) is 15.5. The maximum atomic E-state index is 13.3. The number of Topliss-reactive ketones (excluding diaryl/α,β-unsaturated/α-hetero) is 1. The van der Waals surface area contributed by atoms with Crippen LogP contribution in [-0.2, 0) is 22.3 Å². The number of aliphatic hydroxyl groups excluding tert-OH is 1. The van der Waals surface area contributed by atoms with Crippen molar-refractivity contribution in [2.24, 2.45) is 5.92 Å². The first-order chi connectivity index (χ1) is 18.0. The van der Waals surface area contributed by atoms with Crippen LogP contribution in [-0.4, -0.2) is 33.4 Å². The van der Waals surface area contributed by atoms with Gasteiger partial charge in [0, 0.05) is 12.1 Å². The van der Waals surface area contributed by atoms with Gasteiger partial charge in [-0.05, 0) is 53.4 Å². The molecule has 1 unspecified atom stereocenters. The smallest absolute Gasteiger partial charge is 0.416 e. The van der Waals surface area contributed by atoms with Gasteiger partial charge in [0.2, 0.25) is 0 Å². The van der Waals surface area contributed by atoms with E-state index < -0.39 is 35.2 Å². The second-order valence-corrected chi connectivity index (χ2v) is 9.45. The highest BCUT2D eigenvalue weighted by Crippen LogP contribution is 2.41. The van der Waals surface area contributed by atoms with E-state index in [1.54, 1.807) is 24.3 Å². The fourth-order valence-corrected chi connectivity index (χ4v) is 4.24. The second-order valence-electron chi connectivity index (χ2n) is 9.45. The molecule has 1 atom stereocenters. The fourth-order valence-electron chi connectivity index (χ4n) is 4.24. The highest BCUT2D eigenvalue weighted by Gasteiger charge is 2.46. The van der Waals surface area contributed by atoms with Crippen molar-refractivity contribution < 1.29 is 37.7 Å². The average molecular weight is 526 g/mol. The first kappa shape index (κ1) is 26.8. The van der Waals surface area contributed by atoms with E-state index in [1.165, 1.54) is 36.4 Å². The summed E-state index contributed by atoms with van der Waals surface area (Å²) in [5, 5.41) is 21.0. The van der Waals surface area contributed by atoms with E-state index in [1.807, 2.05) is 13.8 Å². The van der Waals surface area contributed by atoms with Gasteiger partial charge in [0.1, 0.15) is 17.3 Å². The molecule has 0 radical (unpaired) electrons. The molecule has 2 N–H and O–H groups in total. The number of phenols is 1. The Morgan fingerprint density at radius 1 is 1.00 bits per heavy atom. The number of amides is 1. The van der Waals surface area contributed by atoms with Gasteiger partial charge in [-0.3, -0.25) is 9.59 Å². The molecular weight excluding hydrogens is 499 g/mol. The number of rotatable bonds is 7. The predicted octanol–water partition coefficient (Wildman–Crippen LogP) is 6.07. The van der Waals surface area contributed by atoms with Crippen molar-refractivity contribution in [3.05, 3.63) is 101 Å². The van der Waals surface area contributed by atoms with Crippen LogP contribution in [0, 0.1) is 5.92 Å². The molecule has 0 aliphatic carbocycles. The highest BCUT2D eigenvalue weighted by atomic mass is 19.4. The van der Waals surface area contributed by atoms with Crippen LogP contribution in [0.2, 0.25) is 0 Å². The van der Waals surface area contributed by atoms with E-state index in [0.717, 1.165) is 17.0 Å². The molecule has 0 saturated carbocycles. The van der Waals surface area contributed by atoms with Crippen LogP contribution in [0.1, 0.15) is 42.1 Å². The maximum absolute atomic E-state index is 13.3. The van der Waals surface area contributed by atoms with Crippen molar-refractivity contribution in [1.82, 2.24) is 4.90 Å². The molecule has 1 fully saturated rings. The SMILES string of the molecule is CC(C)COc1cccc(/C(O)=C2\C(=O)C(=O)N(Cc3cccc(C(F)(F)F)c3)C2c2ccc(O)cc2)c1. The van der Waals surface area contributed by atoms with Crippen molar-refractivity contribution in [2.45, 2.75) is 32.6 Å². The van der Waals surface area contributed by atoms with Crippen LogP contribution < -0.4 is 4.74 Å². The number of carbonyl (C=O) groups excluding carboxylic acids is 2. The molecule has 6 nitrogen and oxygen atoms in total. The Balaban J connectivity index is 1.80. The summed E-state index contributed by atoms with van der Waals surface area (Å²) in [6.45, 7) is 4.08. The number of ether oxygens (including phenoxy) is 1. The Morgan fingerprint density at radius 2 is 1.68 bits per heavy atom. The van der Waals surface area contributed by atoms with Crippen molar-refractivity contribution in [2.75, 3.05) is 6.61 Å². The average Bonchev–Trinajstić information content (AvgIpc) is 3.12. The minimum Gasteiger partial charge on any atom is -0.508 e. The Bertz CT molecular complexity index is 1380. The number of hydrogen-bond donors (Lipinski definition) is 2. The van der Waals surface area contributed by atoms with Gasteiger partial charge in [0.15, 0.2) is 0 Å². The number of ketones is 1. The quantitative estimate of drug-likeness (QED) is 0.222. The van der Waals surface area contributed by atoms with E-state index in [0.29, 0.717) is 17.9 Å². The third kappa shape index (κ3) is 5.66. The summed E-state index contributed by atoms with van der Waals surface area (Å²) < 4.78 is 45.5. The van der Waals surface area contributed by atoms with E-state index in [4.69, 9.17) is 4.74 Å². The van der Waals surface area contributed by atoms with Crippen molar-refractivity contribution in [1.29, 1.82) is 0 Å². The number of aliphatic hydroxyl groups is 1. The summed E-state index contributed by atoms with van der Waals surface area (Å²) in [4.78, 5) is 27.5. The number of likely N-dealkylation sites (tertiary alicyclic amines) is 1. The van der Waals surface area contributed by atoms with Crippen LogP contribution >= 0.6 is 0 Å². The maximum Gasteiger partial charge on any atom is 0.416 e. The first-order valence-electron chi connectivity index (χ1n) is 11.9. The lowest BCUT2D eigenvalue weighted by molar-refractivity contribution is -0.140. The zero-order chi connectivity index (χ0) is 27.6. The molecule has 1 amide bonds. The molecule has 9 heteroatoms. The Hall–Kier alpha value is -4.27. The number of halogens is 3. The predicted molar refractivity (Wildman–Crippen MR) is 134 cm³/mol. The van der Waals surface area contributed by atoms with Gasteiger partial charge in [-0.15, -0.1) is 0 Å². The molecule has 1 heterocycles. The minimum atomic E-state index is -4.58. The topological polar surface area (TPSA) is 87.1 Å². The van der Waals surface area contributed by atoms with Crippen LogP contribution in [0.15, 0.2) is 78.4 Å². The van der Waals surface area contributed by atoms with Gasteiger partial charge in [-0.2, -0.15) is 13.2 Å². The molecule has 198 valence electrons. The molecule has 1 aliphatic rings. The fraction of sp³-hybridized carbons (Fsp3) is 0.241. The Kier molecular flexibility index (Phi) is 7.48. The van der Waals surface area contributed by atoms with Crippen LogP contribution in [0.3, 0.4) is 0 Å². The zero-order valence-electron chi connectivity index (χ0n) is 20.7. The van der Waals surface area contributed by atoms with Gasteiger partial charge in [-0.1, -0.05) is 50.2 Å². The van der Waals surface area contributed by atoms with Crippen LogP contribution in [0.4, 0.5) is 13.2 Å². The Morgan fingerprint density at radius 3 is 2.34 bits per heavy atom. The van der Waals surface area contributed by atoms with Gasteiger partial charge in [-0.25, -0.2) is 0 Å². The number of benzene rings is 3. The lowest BCUT2D eigenvalue weighted by atomic mass is 9.95. The third-order valence-electron chi connectivity index (χ3n) is 6.05. The molecule has 0 bridgehead atoms. The standard InChI is InChI=1S/C29H26F3NO5/c1-17(2)16-38-23-8-4-6-20(14-23)26(35)24-25(19-9-11-22(34)12-10-19)33(28(37)27(24)36)15-18-5-3-7-21(13-18)29(30,31)32/h3-14,17,25,34-35H,15-16H2,1-2H3/b26-24+. The summed E-state index contributed by atoms with van der Waals surface area (Å²) >= 11 is 0. The normalized spacial score (nSPS) is 17.3. The van der Waals surface area contributed by atoms with Crippen molar-refractivity contribution in [3.8, 4) is 11.5 Å². The molecule has 4 rings (SSSR count). The number of hydrogen-bond acceptors (Lipinski definition) is 5. The third-order valence-corrected chi connectivity index (χ3v) is 6.05.